The summed E-state index contributed by atoms with van der Waals surface area (Å²) in [6.07, 6.45) is 5.90. The van der Waals surface area contributed by atoms with Crippen LogP contribution in [0.25, 0.3) is 0 Å². The van der Waals surface area contributed by atoms with Gasteiger partial charge in [-0.3, -0.25) is 9.59 Å². The molecule has 208 valence electrons. The second-order valence-electron chi connectivity index (χ2n) is 9.55. The number of imidazole rings is 1. The third-order valence-corrected chi connectivity index (χ3v) is 10.2. The number of carbonyl (C=O) groups is 2. The van der Waals surface area contributed by atoms with Crippen LogP contribution in [0.15, 0.2) is 101 Å². The van der Waals surface area contributed by atoms with Gasteiger partial charge in [0.1, 0.15) is 10.3 Å². The molecule has 3 heterocycles. The molecule has 1 fully saturated rings. The number of sulfonamides is 1. The Kier molecular flexibility index (Phi) is 8.73. The molecular formula is C29H31N5O4S2. The minimum atomic E-state index is -3.91. The van der Waals surface area contributed by atoms with Crippen LogP contribution in [0.4, 0.5) is 0 Å². The number of nitrogens with zero attached hydrogens (tertiary/aromatic N) is 4. The van der Waals surface area contributed by atoms with Crippen molar-refractivity contribution in [1.29, 1.82) is 0 Å². The molecule has 1 aliphatic rings. The Morgan fingerprint density at radius 2 is 1.68 bits per heavy atom. The van der Waals surface area contributed by atoms with Gasteiger partial charge in [-0.2, -0.15) is 4.31 Å². The van der Waals surface area contributed by atoms with Gasteiger partial charge >= 0.3 is 0 Å². The predicted octanol–water partition coefficient (Wildman–Crippen LogP) is 3.18. The van der Waals surface area contributed by atoms with Gasteiger partial charge in [0.2, 0.25) is 11.8 Å². The SMILES string of the molecule is O=C(NCCCn1ccnc1)C1CN(C(=O)C(c2ccccc2)c2ccccc2)CCN1S(=O)(=O)c1cccs1. The molecule has 2 aromatic carbocycles. The fraction of sp³-hybridized carbons (Fsp3) is 0.276. The molecular weight excluding hydrogens is 546 g/mol. The summed E-state index contributed by atoms with van der Waals surface area (Å²) in [4.78, 5) is 33.2. The van der Waals surface area contributed by atoms with Gasteiger partial charge in [-0.1, -0.05) is 66.7 Å². The van der Waals surface area contributed by atoms with Crippen LogP contribution < -0.4 is 5.32 Å². The van der Waals surface area contributed by atoms with E-state index in [4.69, 9.17) is 0 Å². The van der Waals surface area contributed by atoms with Crippen LogP contribution in [-0.2, 0) is 26.2 Å². The lowest BCUT2D eigenvalue weighted by molar-refractivity contribution is -0.136. The molecule has 0 saturated carbocycles. The van der Waals surface area contributed by atoms with Crippen molar-refractivity contribution in [3.8, 4) is 0 Å². The fourth-order valence-electron chi connectivity index (χ4n) is 4.95. The minimum absolute atomic E-state index is 0.0232. The van der Waals surface area contributed by atoms with Gasteiger partial charge in [0.05, 0.1) is 12.2 Å². The highest BCUT2D eigenvalue weighted by Gasteiger charge is 2.43. The van der Waals surface area contributed by atoms with E-state index in [1.165, 1.54) is 4.31 Å². The van der Waals surface area contributed by atoms with Crippen LogP contribution in [0.1, 0.15) is 23.5 Å². The van der Waals surface area contributed by atoms with Crippen LogP contribution in [0.2, 0.25) is 0 Å². The van der Waals surface area contributed by atoms with E-state index < -0.39 is 27.9 Å². The molecule has 0 bridgehead atoms. The van der Waals surface area contributed by atoms with Crippen LogP contribution >= 0.6 is 11.3 Å². The van der Waals surface area contributed by atoms with E-state index in [-0.39, 0.29) is 29.8 Å². The molecule has 2 amide bonds. The fourth-order valence-corrected chi connectivity index (χ4v) is 7.64. The highest BCUT2D eigenvalue weighted by Crippen LogP contribution is 2.30. The van der Waals surface area contributed by atoms with E-state index in [2.05, 4.69) is 10.3 Å². The van der Waals surface area contributed by atoms with E-state index in [9.17, 15) is 18.0 Å². The molecule has 0 spiro atoms. The summed E-state index contributed by atoms with van der Waals surface area (Å²) >= 11 is 1.11. The summed E-state index contributed by atoms with van der Waals surface area (Å²) in [6.45, 7) is 1.21. The Balaban J connectivity index is 1.38. The Hall–Kier alpha value is -3.80. The maximum Gasteiger partial charge on any atom is 0.253 e. The summed E-state index contributed by atoms with van der Waals surface area (Å²) in [7, 11) is -3.91. The quantitative estimate of drug-likeness (QED) is 0.292. The molecule has 2 aromatic heterocycles. The number of carbonyl (C=O) groups excluding carboxylic acids is 2. The lowest BCUT2D eigenvalue weighted by atomic mass is 9.89. The zero-order chi connectivity index (χ0) is 28.0. The van der Waals surface area contributed by atoms with Gasteiger partial charge in [0, 0.05) is 45.1 Å². The van der Waals surface area contributed by atoms with Crippen molar-refractivity contribution in [2.75, 3.05) is 26.2 Å². The Morgan fingerprint density at radius 3 is 2.27 bits per heavy atom. The lowest BCUT2D eigenvalue weighted by Crippen LogP contribution is -2.61. The van der Waals surface area contributed by atoms with E-state index in [1.807, 2.05) is 71.4 Å². The minimum Gasteiger partial charge on any atom is -0.355 e. The first-order chi connectivity index (χ1) is 19.4. The molecule has 1 saturated heterocycles. The molecule has 1 unspecified atom stereocenters. The number of rotatable bonds is 10. The first kappa shape index (κ1) is 27.8. The number of piperazine rings is 1. The number of benzene rings is 2. The van der Waals surface area contributed by atoms with E-state index >= 15 is 0 Å². The summed E-state index contributed by atoms with van der Waals surface area (Å²) in [5.74, 6) is -1.15. The van der Waals surface area contributed by atoms with Gasteiger partial charge in [0.25, 0.3) is 10.0 Å². The maximum absolute atomic E-state index is 14.1. The van der Waals surface area contributed by atoms with E-state index in [1.54, 1.807) is 34.9 Å². The second-order valence-corrected chi connectivity index (χ2v) is 12.6. The number of nitrogens with one attached hydrogen (secondary N) is 1. The average Bonchev–Trinajstić information content (AvgIpc) is 3.72. The number of aromatic nitrogens is 2. The molecule has 1 N–H and O–H groups in total. The number of thiophene rings is 1. The van der Waals surface area contributed by atoms with Gasteiger partial charge in [-0.05, 0) is 29.0 Å². The first-order valence-corrected chi connectivity index (χ1v) is 15.4. The molecule has 5 rings (SSSR count). The summed E-state index contributed by atoms with van der Waals surface area (Å²) in [5.41, 5.74) is 1.68. The largest absolute Gasteiger partial charge is 0.355 e. The lowest BCUT2D eigenvalue weighted by Gasteiger charge is -2.40. The molecule has 4 aromatic rings. The third-order valence-electron chi connectivity index (χ3n) is 6.97. The summed E-state index contributed by atoms with van der Waals surface area (Å²) in [5, 5.41) is 4.60. The second kappa shape index (κ2) is 12.6. The summed E-state index contributed by atoms with van der Waals surface area (Å²) in [6, 6.07) is 21.2. The topological polar surface area (TPSA) is 105 Å². The monoisotopic (exact) mass is 577 g/mol. The maximum atomic E-state index is 14.1. The van der Waals surface area contributed by atoms with Crippen LogP contribution in [-0.4, -0.2) is 71.2 Å². The summed E-state index contributed by atoms with van der Waals surface area (Å²) < 4.78 is 30.4. The molecule has 9 nitrogen and oxygen atoms in total. The van der Waals surface area contributed by atoms with E-state index in [0.29, 0.717) is 19.5 Å². The Morgan fingerprint density at radius 1 is 0.975 bits per heavy atom. The van der Waals surface area contributed by atoms with Crippen molar-refractivity contribution in [3.63, 3.8) is 0 Å². The van der Waals surface area contributed by atoms with Crippen LogP contribution in [0.5, 0.6) is 0 Å². The van der Waals surface area contributed by atoms with Crippen molar-refractivity contribution in [2.24, 2.45) is 0 Å². The zero-order valence-corrected chi connectivity index (χ0v) is 23.5. The van der Waals surface area contributed by atoms with Crippen LogP contribution in [0.3, 0.4) is 0 Å². The first-order valence-electron chi connectivity index (χ1n) is 13.1. The number of hydrogen-bond acceptors (Lipinski definition) is 6. The number of amides is 2. The third kappa shape index (κ3) is 6.16. The number of hydrogen-bond donors (Lipinski definition) is 1. The molecule has 1 atom stereocenters. The standard InChI is InChI=1S/C29H31N5O4S2/c35-28(31-14-8-16-32-17-15-30-22-32)25-21-33(18-19-34(25)40(37,38)26-13-7-20-39-26)29(36)27(23-9-3-1-4-10-23)24-11-5-2-6-12-24/h1-7,9-13,15,17,20,22,25,27H,8,14,16,18-19,21H2,(H,31,35). The normalized spacial score (nSPS) is 16.2. The molecule has 40 heavy (non-hydrogen) atoms. The molecule has 0 aliphatic carbocycles. The van der Waals surface area contributed by atoms with Crippen molar-refractivity contribution >= 4 is 33.2 Å². The predicted molar refractivity (Wildman–Crippen MR) is 153 cm³/mol. The van der Waals surface area contributed by atoms with E-state index in [0.717, 1.165) is 22.5 Å². The zero-order valence-electron chi connectivity index (χ0n) is 21.9. The molecule has 0 radical (unpaired) electrons. The smallest absolute Gasteiger partial charge is 0.253 e. The van der Waals surface area contributed by atoms with Crippen molar-refractivity contribution < 1.29 is 18.0 Å². The van der Waals surface area contributed by atoms with Crippen molar-refractivity contribution in [1.82, 2.24) is 24.1 Å². The van der Waals surface area contributed by atoms with Gasteiger partial charge in [-0.15, -0.1) is 11.3 Å². The number of aryl methyl sites for hydroxylation is 1. The highest BCUT2D eigenvalue weighted by atomic mass is 32.2. The van der Waals surface area contributed by atoms with Crippen molar-refractivity contribution in [3.05, 3.63) is 108 Å². The van der Waals surface area contributed by atoms with Crippen LogP contribution in [0, 0.1) is 0 Å². The van der Waals surface area contributed by atoms with Gasteiger partial charge in [-0.25, -0.2) is 13.4 Å². The Bertz CT molecular complexity index is 1460. The average molecular weight is 578 g/mol. The van der Waals surface area contributed by atoms with Gasteiger partial charge in [0.15, 0.2) is 0 Å². The molecule has 11 heteroatoms. The molecule has 1 aliphatic heterocycles. The van der Waals surface area contributed by atoms with Crippen molar-refractivity contribution in [2.45, 2.75) is 29.1 Å². The highest BCUT2D eigenvalue weighted by molar-refractivity contribution is 7.91. The van der Waals surface area contributed by atoms with Gasteiger partial charge < -0.3 is 14.8 Å². The Labute approximate surface area is 238 Å².